The maximum absolute atomic E-state index is 12.1. The smallest absolute Gasteiger partial charge is 0.245 e. The normalized spacial score (nSPS) is 25.4. The molecule has 1 aliphatic heterocycles. The molecule has 0 aromatic heterocycles. The Kier molecular flexibility index (Phi) is 5.31. The van der Waals surface area contributed by atoms with Gasteiger partial charge in [0.15, 0.2) is 0 Å². The summed E-state index contributed by atoms with van der Waals surface area (Å²) in [7, 11) is 0. The van der Waals surface area contributed by atoms with Crippen molar-refractivity contribution in [1.82, 2.24) is 10.2 Å². The molecule has 1 N–H and O–H groups in total. The van der Waals surface area contributed by atoms with Crippen molar-refractivity contribution in [2.24, 2.45) is 5.92 Å². The summed E-state index contributed by atoms with van der Waals surface area (Å²) < 4.78 is 0. The molecule has 2 atom stereocenters. The van der Waals surface area contributed by atoms with E-state index >= 15 is 0 Å². The quantitative estimate of drug-likeness (QED) is 0.803. The van der Waals surface area contributed by atoms with Gasteiger partial charge in [-0.2, -0.15) is 11.8 Å². The van der Waals surface area contributed by atoms with E-state index in [1.54, 1.807) is 23.6 Å². The first-order valence-electron chi connectivity index (χ1n) is 6.07. The molecule has 0 spiro atoms. The molecule has 0 bridgehead atoms. The van der Waals surface area contributed by atoms with Gasteiger partial charge in [0, 0.05) is 12.3 Å². The fraction of sp³-hybridized carbons (Fsp3) is 0.833. The molecule has 0 aromatic rings. The van der Waals surface area contributed by atoms with Crippen LogP contribution in [0.2, 0.25) is 0 Å². The molecule has 1 heterocycles. The zero-order chi connectivity index (χ0) is 13.0. The van der Waals surface area contributed by atoms with Crippen LogP contribution >= 0.6 is 11.8 Å². The number of piperazine rings is 1. The van der Waals surface area contributed by atoms with Gasteiger partial charge < -0.3 is 10.2 Å². The number of hydrogen-bond acceptors (Lipinski definition) is 3. The van der Waals surface area contributed by atoms with Gasteiger partial charge in [-0.05, 0) is 25.5 Å². The number of nitrogens with one attached hydrogen (secondary N) is 1. The number of hydrogen-bond donors (Lipinski definition) is 1. The fourth-order valence-electron chi connectivity index (χ4n) is 2.05. The first kappa shape index (κ1) is 14.4. The van der Waals surface area contributed by atoms with E-state index in [2.05, 4.69) is 19.2 Å². The Morgan fingerprint density at radius 3 is 2.59 bits per heavy atom. The summed E-state index contributed by atoms with van der Waals surface area (Å²) in [5.41, 5.74) is 0. The van der Waals surface area contributed by atoms with E-state index in [0.717, 1.165) is 12.2 Å². The topological polar surface area (TPSA) is 49.4 Å². The van der Waals surface area contributed by atoms with Crippen LogP contribution in [0.15, 0.2) is 0 Å². The van der Waals surface area contributed by atoms with Crippen LogP contribution in [-0.4, -0.2) is 47.4 Å². The van der Waals surface area contributed by atoms with Crippen LogP contribution in [0.1, 0.15) is 27.2 Å². The summed E-state index contributed by atoms with van der Waals surface area (Å²) in [5, 5.41) is 2.75. The van der Waals surface area contributed by atoms with Crippen LogP contribution < -0.4 is 5.32 Å². The summed E-state index contributed by atoms with van der Waals surface area (Å²) in [6.45, 7) is 6.55. The third-order valence-corrected chi connectivity index (χ3v) is 3.51. The Bertz CT molecular complexity index is 294. The van der Waals surface area contributed by atoms with Crippen LogP contribution in [0.25, 0.3) is 0 Å². The number of thioether (sulfide) groups is 1. The number of rotatable bonds is 5. The zero-order valence-electron chi connectivity index (χ0n) is 11.0. The number of carbonyl (C=O) groups excluding carboxylic acids is 2. The molecule has 5 heteroatoms. The zero-order valence-corrected chi connectivity index (χ0v) is 11.8. The average Bonchev–Trinajstić information content (AvgIpc) is 2.25. The summed E-state index contributed by atoms with van der Waals surface area (Å²) in [4.78, 5) is 25.8. The van der Waals surface area contributed by atoms with Gasteiger partial charge in [0.25, 0.3) is 0 Å². The van der Waals surface area contributed by atoms with Crippen molar-refractivity contribution in [2.45, 2.75) is 39.3 Å². The second kappa shape index (κ2) is 6.28. The summed E-state index contributed by atoms with van der Waals surface area (Å²) in [6, 6.07) is -0.668. The minimum atomic E-state index is -0.382. The van der Waals surface area contributed by atoms with Gasteiger partial charge in [0.1, 0.15) is 12.1 Å². The molecule has 0 radical (unpaired) electrons. The standard InChI is InChI=1S/C12H22N2O2S/c1-8(2)7-10-11(15)13-9(3)12(16)14(10)5-6-17-4/h8-10H,5-7H2,1-4H3,(H,13,15). The van der Waals surface area contributed by atoms with Gasteiger partial charge in [-0.15, -0.1) is 0 Å². The van der Waals surface area contributed by atoms with Crippen molar-refractivity contribution in [3.05, 3.63) is 0 Å². The van der Waals surface area contributed by atoms with E-state index in [9.17, 15) is 9.59 Å². The Labute approximate surface area is 108 Å². The highest BCUT2D eigenvalue weighted by molar-refractivity contribution is 7.98. The van der Waals surface area contributed by atoms with Gasteiger partial charge in [0.05, 0.1) is 0 Å². The SMILES string of the molecule is CSCCN1C(=O)C(C)NC(=O)C1CC(C)C. The van der Waals surface area contributed by atoms with E-state index in [-0.39, 0.29) is 23.9 Å². The lowest BCUT2D eigenvalue weighted by Crippen LogP contribution is -2.63. The third kappa shape index (κ3) is 3.63. The van der Waals surface area contributed by atoms with Crippen molar-refractivity contribution in [1.29, 1.82) is 0 Å². The predicted molar refractivity (Wildman–Crippen MR) is 70.9 cm³/mol. The lowest BCUT2D eigenvalue weighted by Gasteiger charge is -2.38. The molecule has 2 amide bonds. The highest BCUT2D eigenvalue weighted by Crippen LogP contribution is 2.17. The lowest BCUT2D eigenvalue weighted by atomic mass is 9.98. The molecule has 4 nitrogen and oxygen atoms in total. The molecule has 17 heavy (non-hydrogen) atoms. The minimum absolute atomic E-state index is 0.00750. The molecule has 0 saturated carbocycles. The molecule has 1 aliphatic rings. The Hall–Kier alpha value is -0.710. The van der Waals surface area contributed by atoms with E-state index in [1.807, 2.05) is 6.26 Å². The maximum atomic E-state index is 12.1. The number of carbonyl (C=O) groups is 2. The highest BCUT2D eigenvalue weighted by atomic mass is 32.2. The first-order chi connectivity index (χ1) is 7.97. The maximum Gasteiger partial charge on any atom is 0.245 e. The van der Waals surface area contributed by atoms with Gasteiger partial charge in [-0.25, -0.2) is 0 Å². The minimum Gasteiger partial charge on any atom is -0.343 e. The highest BCUT2D eigenvalue weighted by Gasteiger charge is 2.38. The number of amides is 2. The van der Waals surface area contributed by atoms with Crippen LogP contribution in [0.5, 0.6) is 0 Å². The van der Waals surface area contributed by atoms with Crippen molar-refractivity contribution >= 4 is 23.6 Å². The van der Waals surface area contributed by atoms with E-state index in [4.69, 9.17) is 0 Å². The van der Waals surface area contributed by atoms with E-state index in [1.165, 1.54) is 0 Å². The Morgan fingerprint density at radius 2 is 2.06 bits per heavy atom. The molecule has 0 aromatic carbocycles. The third-order valence-electron chi connectivity index (χ3n) is 2.92. The van der Waals surface area contributed by atoms with Gasteiger partial charge in [0.2, 0.25) is 11.8 Å². The van der Waals surface area contributed by atoms with Crippen molar-refractivity contribution in [3.63, 3.8) is 0 Å². The molecule has 1 saturated heterocycles. The van der Waals surface area contributed by atoms with Gasteiger partial charge >= 0.3 is 0 Å². The van der Waals surface area contributed by atoms with Crippen LogP contribution in [0.4, 0.5) is 0 Å². The van der Waals surface area contributed by atoms with Gasteiger partial charge in [-0.3, -0.25) is 9.59 Å². The first-order valence-corrected chi connectivity index (χ1v) is 7.46. The van der Waals surface area contributed by atoms with Crippen molar-refractivity contribution < 1.29 is 9.59 Å². The molecule has 0 aliphatic carbocycles. The van der Waals surface area contributed by atoms with Gasteiger partial charge in [-0.1, -0.05) is 13.8 Å². The molecular weight excluding hydrogens is 236 g/mol. The average molecular weight is 258 g/mol. The second-order valence-corrected chi connectivity index (χ2v) is 5.89. The van der Waals surface area contributed by atoms with Crippen molar-refractivity contribution in [2.75, 3.05) is 18.6 Å². The van der Waals surface area contributed by atoms with E-state index < -0.39 is 0 Å². The largest absolute Gasteiger partial charge is 0.343 e. The Morgan fingerprint density at radius 1 is 1.41 bits per heavy atom. The van der Waals surface area contributed by atoms with Crippen LogP contribution in [-0.2, 0) is 9.59 Å². The molecule has 98 valence electrons. The summed E-state index contributed by atoms with van der Waals surface area (Å²) in [6.07, 6.45) is 2.74. The van der Waals surface area contributed by atoms with E-state index in [0.29, 0.717) is 12.5 Å². The summed E-state index contributed by atoms with van der Waals surface area (Å²) in [5.74, 6) is 1.32. The summed E-state index contributed by atoms with van der Waals surface area (Å²) >= 11 is 1.70. The predicted octanol–water partition coefficient (Wildman–Crippen LogP) is 1.11. The lowest BCUT2D eigenvalue weighted by molar-refractivity contribution is -0.149. The number of nitrogens with zero attached hydrogens (tertiary/aromatic N) is 1. The Balaban J connectivity index is 2.79. The monoisotopic (exact) mass is 258 g/mol. The van der Waals surface area contributed by atoms with Crippen LogP contribution in [0, 0.1) is 5.92 Å². The van der Waals surface area contributed by atoms with Crippen molar-refractivity contribution in [3.8, 4) is 0 Å². The fourth-order valence-corrected chi connectivity index (χ4v) is 2.43. The molecule has 1 fully saturated rings. The molecular formula is C12H22N2O2S. The molecule has 1 rings (SSSR count). The second-order valence-electron chi connectivity index (χ2n) is 4.90. The molecule has 2 unspecified atom stereocenters. The van der Waals surface area contributed by atoms with Crippen LogP contribution in [0.3, 0.4) is 0 Å².